The lowest BCUT2D eigenvalue weighted by Gasteiger charge is -2.21. The zero-order valence-corrected chi connectivity index (χ0v) is 10.00. The third-order valence-electron chi connectivity index (χ3n) is 2.84. The van der Waals surface area contributed by atoms with E-state index in [-0.39, 0.29) is 19.2 Å². The molecule has 2 N–H and O–H groups in total. The Kier molecular flexibility index (Phi) is 3.94. The van der Waals surface area contributed by atoms with Crippen molar-refractivity contribution >= 4 is 11.7 Å². The minimum Gasteiger partial charge on any atom is -0.395 e. The molecule has 19 heavy (non-hydrogen) atoms. The summed E-state index contributed by atoms with van der Waals surface area (Å²) in [6.45, 7) is -0.105. The molecule has 4 nitrogen and oxygen atoms in total. The molecule has 2 amide bonds. The molecular weight excluding hydrogens is 261 g/mol. The van der Waals surface area contributed by atoms with E-state index in [0.29, 0.717) is 12.1 Å². The molecule has 1 aliphatic rings. The molecule has 0 heterocycles. The van der Waals surface area contributed by atoms with Gasteiger partial charge in [0, 0.05) is 24.7 Å². The highest BCUT2D eigenvalue weighted by molar-refractivity contribution is 5.89. The molecule has 0 aliphatic heterocycles. The van der Waals surface area contributed by atoms with Crippen LogP contribution in [0.1, 0.15) is 12.8 Å². The second-order valence-corrected chi connectivity index (χ2v) is 4.32. The number of carbonyl (C=O) groups is 1. The molecule has 0 radical (unpaired) electrons. The average Bonchev–Trinajstić information content (AvgIpc) is 3.17. The molecule has 0 bridgehead atoms. The number of halogens is 3. The van der Waals surface area contributed by atoms with Crippen molar-refractivity contribution < 1.29 is 23.1 Å². The number of aliphatic hydroxyl groups excluding tert-OH is 1. The third-order valence-corrected chi connectivity index (χ3v) is 2.84. The van der Waals surface area contributed by atoms with E-state index in [2.05, 4.69) is 5.32 Å². The largest absolute Gasteiger partial charge is 0.395 e. The number of nitrogens with zero attached hydrogens (tertiary/aromatic N) is 1. The van der Waals surface area contributed by atoms with Crippen molar-refractivity contribution in [2.45, 2.75) is 18.9 Å². The first-order valence-electron chi connectivity index (χ1n) is 5.86. The Morgan fingerprint density at radius 3 is 2.47 bits per heavy atom. The van der Waals surface area contributed by atoms with E-state index in [0.717, 1.165) is 12.8 Å². The number of urea groups is 1. The van der Waals surface area contributed by atoms with Crippen LogP contribution in [0.2, 0.25) is 0 Å². The van der Waals surface area contributed by atoms with Crippen molar-refractivity contribution in [2.75, 3.05) is 18.5 Å². The Morgan fingerprint density at radius 2 is 1.89 bits per heavy atom. The maximum absolute atomic E-state index is 13.4. The summed E-state index contributed by atoms with van der Waals surface area (Å²) in [7, 11) is 0. The van der Waals surface area contributed by atoms with Gasteiger partial charge in [0.1, 0.15) is 5.82 Å². The van der Waals surface area contributed by atoms with Gasteiger partial charge in [-0.2, -0.15) is 0 Å². The van der Waals surface area contributed by atoms with Crippen molar-refractivity contribution in [3.8, 4) is 0 Å². The van der Waals surface area contributed by atoms with Gasteiger partial charge in [-0.3, -0.25) is 0 Å². The summed E-state index contributed by atoms with van der Waals surface area (Å²) in [5, 5.41) is 11.0. The van der Waals surface area contributed by atoms with Gasteiger partial charge < -0.3 is 15.3 Å². The highest BCUT2D eigenvalue weighted by atomic mass is 19.2. The van der Waals surface area contributed by atoms with Crippen molar-refractivity contribution in [1.82, 2.24) is 4.90 Å². The van der Waals surface area contributed by atoms with Crippen LogP contribution in [-0.2, 0) is 0 Å². The molecule has 1 aromatic rings. The Bertz CT molecular complexity index is 492. The van der Waals surface area contributed by atoms with E-state index < -0.39 is 29.2 Å². The van der Waals surface area contributed by atoms with E-state index in [1.807, 2.05) is 0 Å². The zero-order valence-electron chi connectivity index (χ0n) is 10.00. The molecule has 1 aromatic carbocycles. The molecule has 0 atom stereocenters. The number of aliphatic hydroxyl groups is 1. The van der Waals surface area contributed by atoms with Crippen molar-refractivity contribution in [2.24, 2.45) is 0 Å². The number of nitrogens with one attached hydrogen (secondary N) is 1. The van der Waals surface area contributed by atoms with E-state index in [4.69, 9.17) is 5.11 Å². The van der Waals surface area contributed by atoms with Crippen LogP contribution < -0.4 is 5.32 Å². The number of rotatable bonds is 4. The maximum Gasteiger partial charge on any atom is 0.322 e. The molecular formula is C12H13F3N2O2. The second-order valence-electron chi connectivity index (χ2n) is 4.32. The van der Waals surface area contributed by atoms with Crippen LogP contribution in [-0.4, -0.2) is 35.2 Å². The molecule has 0 saturated heterocycles. The van der Waals surface area contributed by atoms with Gasteiger partial charge in [0.15, 0.2) is 11.6 Å². The van der Waals surface area contributed by atoms with Crippen LogP contribution in [0.4, 0.5) is 23.7 Å². The quantitative estimate of drug-likeness (QED) is 0.826. The average molecular weight is 274 g/mol. The highest BCUT2D eigenvalue weighted by Gasteiger charge is 2.32. The summed E-state index contributed by atoms with van der Waals surface area (Å²) in [6.07, 6.45) is 1.63. The van der Waals surface area contributed by atoms with Gasteiger partial charge in [-0.05, 0) is 12.8 Å². The molecule has 7 heteroatoms. The van der Waals surface area contributed by atoms with Crippen LogP contribution in [0, 0.1) is 17.5 Å². The predicted molar refractivity (Wildman–Crippen MR) is 62.1 cm³/mol. The Morgan fingerprint density at radius 1 is 1.26 bits per heavy atom. The third kappa shape index (κ3) is 3.17. The Labute approximate surface area is 107 Å². The van der Waals surface area contributed by atoms with Gasteiger partial charge in [-0.25, -0.2) is 18.0 Å². The maximum atomic E-state index is 13.4. The van der Waals surface area contributed by atoms with E-state index >= 15 is 0 Å². The topological polar surface area (TPSA) is 52.6 Å². The molecule has 104 valence electrons. The highest BCUT2D eigenvalue weighted by Crippen LogP contribution is 2.27. The number of benzene rings is 1. The van der Waals surface area contributed by atoms with Crippen LogP contribution in [0.5, 0.6) is 0 Å². The lowest BCUT2D eigenvalue weighted by atomic mass is 10.3. The summed E-state index contributed by atoms with van der Waals surface area (Å²) in [5.41, 5.74) is -0.424. The fraction of sp³-hybridized carbons (Fsp3) is 0.417. The fourth-order valence-electron chi connectivity index (χ4n) is 1.75. The first kappa shape index (κ1) is 13.7. The Hall–Kier alpha value is -1.76. The van der Waals surface area contributed by atoms with Gasteiger partial charge in [-0.15, -0.1) is 0 Å². The summed E-state index contributed by atoms with van der Waals surface area (Å²) in [4.78, 5) is 13.2. The van der Waals surface area contributed by atoms with Gasteiger partial charge in [-0.1, -0.05) is 0 Å². The van der Waals surface area contributed by atoms with Crippen molar-refractivity contribution in [3.63, 3.8) is 0 Å². The SMILES string of the molecule is O=C(Nc1cc(F)c(F)cc1F)N(CCO)C1CC1. The molecule has 0 spiro atoms. The lowest BCUT2D eigenvalue weighted by Crippen LogP contribution is -2.38. The van der Waals surface area contributed by atoms with Crippen LogP contribution in [0.25, 0.3) is 0 Å². The first-order valence-corrected chi connectivity index (χ1v) is 5.86. The smallest absolute Gasteiger partial charge is 0.322 e. The number of amides is 2. The van der Waals surface area contributed by atoms with Gasteiger partial charge in [0.2, 0.25) is 0 Å². The van der Waals surface area contributed by atoms with E-state index in [1.54, 1.807) is 0 Å². The van der Waals surface area contributed by atoms with Crippen LogP contribution in [0.15, 0.2) is 12.1 Å². The summed E-state index contributed by atoms with van der Waals surface area (Å²) < 4.78 is 39.1. The number of hydrogen-bond donors (Lipinski definition) is 2. The molecule has 1 aliphatic carbocycles. The standard InChI is InChI=1S/C12H13F3N2O2/c13-8-5-10(15)11(6-9(8)14)16-12(19)17(3-4-18)7-1-2-7/h5-7,18H,1-4H2,(H,16,19). The molecule has 1 saturated carbocycles. The summed E-state index contributed by atoms with van der Waals surface area (Å²) >= 11 is 0. The van der Waals surface area contributed by atoms with Gasteiger partial charge >= 0.3 is 6.03 Å². The molecule has 0 aromatic heterocycles. The first-order chi connectivity index (χ1) is 9.02. The second kappa shape index (κ2) is 5.48. The van der Waals surface area contributed by atoms with Crippen molar-refractivity contribution in [1.29, 1.82) is 0 Å². The zero-order chi connectivity index (χ0) is 14.0. The lowest BCUT2D eigenvalue weighted by molar-refractivity contribution is 0.185. The summed E-state index contributed by atoms with van der Waals surface area (Å²) in [6, 6.07) is 0.340. The number of carbonyl (C=O) groups excluding carboxylic acids is 1. The van der Waals surface area contributed by atoms with Crippen LogP contribution in [0.3, 0.4) is 0 Å². The number of anilines is 1. The molecule has 1 fully saturated rings. The Balaban J connectivity index is 2.11. The number of hydrogen-bond acceptors (Lipinski definition) is 2. The summed E-state index contributed by atoms with van der Waals surface area (Å²) in [5.74, 6) is -3.60. The molecule has 0 unspecified atom stereocenters. The van der Waals surface area contributed by atoms with Crippen molar-refractivity contribution in [3.05, 3.63) is 29.6 Å². The van der Waals surface area contributed by atoms with E-state index in [9.17, 15) is 18.0 Å². The predicted octanol–water partition coefficient (Wildman–Crippen LogP) is 2.09. The van der Waals surface area contributed by atoms with Crippen LogP contribution >= 0.6 is 0 Å². The molecule has 2 rings (SSSR count). The monoisotopic (exact) mass is 274 g/mol. The van der Waals surface area contributed by atoms with Gasteiger partial charge in [0.05, 0.1) is 12.3 Å². The minimum atomic E-state index is -1.31. The van der Waals surface area contributed by atoms with E-state index in [1.165, 1.54) is 4.90 Å². The normalized spacial score (nSPS) is 14.3. The fourth-order valence-corrected chi connectivity index (χ4v) is 1.75. The minimum absolute atomic E-state index is 0.0144. The van der Waals surface area contributed by atoms with Gasteiger partial charge in [0.25, 0.3) is 0 Å².